The zero-order valence-electron chi connectivity index (χ0n) is 26.3. The van der Waals surface area contributed by atoms with Crippen molar-refractivity contribution < 1.29 is 33.4 Å². The van der Waals surface area contributed by atoms with Crippen molar-refractivity contribution in [2.45, 2.75) is 121 Å². The summed E-state index contributed by atoms with van der Waals surface area (Å²) in [6.07, 6.45) is 6.63. The molecule has 11 heteroatoms. The van der Waals surface area contributed by atoms with Gasteiger partial charge in [-0.05, 0) is 69.6 Å². The molecule has 1 saturated heterocycles. The van der Waals surface area contributed by atoms with Gasteiger partial charge >= 0.3 is 0 Å². The van der Waals surface area contributed by atoms with Gasteiger partial charge in [0.05, 0.1) is 30.8 Å². The molecule has 4 atom stereocenters. The summed E-state index contributed by atoms with van der Waals surface area (Å²) in [6, 6.07) is 4.61. The van der Waals surface area contributed by atoms with Gasteiger partial charge in [0, 0.05) is 13.0 Å². The number of nitrogens with one attached hydrogen (secondary N) is 2. The molecule has 2 heterocycles. The van der Waals surface area contributed by atoms with Gasteiger partial charge in [-0.1, -0.05) is 44.7 Å². The van der Waals surface area contributed by atoms with Crippen molar-refractivity contribution >= 4 is 29.4 Å². The summed E-state index contributed by atoms with van der Waals surface area (Å²) < 4.78 is 12.5. The van der Waals surface area contributed by atoms with Gasteiger partial charge in [-0.25, -0.2) is 0 Å². The average molecular weight is 613 g/mol. The molecule has 11 nitrogen and oxygen atoms in total. The molecular weight excluding hydrogens is 564 g/mol. The summed E-state index contributed by atoms with van der Waals surface area (Å²) in [4.78, 5) is 67.2. The number of ketones is 1. The molecule has 1 aromatic rings. The number of Topliss-reactive ketones (excluding diaryl/α,β-unsaturated/α-hetero) is 1. The number of rotatable bonds is 7. The number of amides is 4. The zero-order valence-corrected chi connectivity index (χ0v) is 26.3. The smallest absolute Gasteiger partial charge is 0.287 e. The predicted octanol–water partition coefficient (Wildman–Crippen LogP) is 2.57. The second-order valence-corrected chi connectivity index (χ2v) is 13.0. The molecule has 4 N–H and O–H groups in total. The molecule has 1 unspecified atom stereocenters. The molecule has 3 aliphatic rings. The lowest BCUT2D eigenvalue weighted by atomic mass is 9.83. The van der Waals surface area contributed by atoms with E-state index >= 15 is 0 Å². The van der Waals surface area contributed by atoms with Gasteiger partial charge in [-0.2, -0.15) is 0 Å². The van der Waals surface area contributed by atoms with E-state index in [2.05, 4.69) is 10.6 Å². The third-order valence-electron chi connectivity index (χ3n) is 8.95. The SMILES string of the molecule is CCCC(NC(=O)[C@@H]1C[C@@H]2CN1C(=O)[C@H](C1CCCCC1)NC(=O)Cc1cccc(c1)OCCCC(C)(C)O2)C(=O)C(N)=O. The highest BCUT2D eigenvalue weighted by atomic mass is 16.5. The van der Waals surface area contributed by atoms with Crippen LogP contribution in [0.3, 0.4) is 0 Å². The maximum absolute atomic E-state index is 14.4. The van der Waals surface area contributed by atoms with Gasteiger partial charge in [0.2, 0.25) is 23.5 Å². The molecule has 1 aliphatic carbocycles. The molecule has 0 radical (unpaired) electrons. The molecule has 2 aliphatic heterocycles. The Bertz CT molecular complexity index is 1210. The molecule has 0 spiro atoms. The maximum Gasteiger partial charge on any atom is 0.287 e. The number of ether oxygens (including phenoxy) is 2. The number of fused-ring (bicyclic) bond motifs is 4. The van der Waals surface area contributed by atoms with Crippen LogP contribution in [0.2, 0.25) is 0 Å². The molecule has 4 rings (SSSR count). The Labute approximate surface area is 260 Å². The first-order valence-corrected chi connectivity index (χ1v) is 16.1. The van der Waals surface area contributed by atoms with Crippen LogP contribution in [0.5, 0.6) is 5.75 Å². The van der Waals surface area contributed by atoms with E-state index in [1.807, 2.05) is 45.0 Å². The minimum Gasteiger partial charge on any atom is -0.494 e. The lowest BCUT2D eigenvalue weighted by Gasteiger charge is -2.35. The van der Waals surface area contributed by atoms with Crippen molar-refractivity contribution in [3.05, 3.63) is 29.8 Å². The minimum absolute atomic E-state index is 0.0682. The second kappa shape index (κ2) is 15.0. The summed E-state index contributed by atoms with van der Waals surface area (Å²) in [6.45, 7) is 6.44. The second-order valence-electron chi connectivity index (χ2n) is 13.0. The fraction of sp³-hybridized carbons (Fsp3) is 0.667. The number of carbonyl (C=O) groups is 5. The van der Waals surface area contributed by atoms with Crippen LogP contribution in [0, 0.1) is 5.92 Å². The number of benzene rings is 1. The van der Waals surface area contributed by atoms with E-state index in [4.69, 9.17) is 15.2 Å². The van der Waals surface area contributed by atoms with Gasteiger partial charge < -0.3 is 30.7 Å². The third-order valence-corrected chi connectivity index (χ3v) is 8.95. The van der Waals surface area contributed by atoms with Crippen molar-refractivity contribution in [3.8, 4) is 5.75 Å². The van der Waals surface area contributed by atoms with E-state index < -0.39 is 47.4 Å². The predicted molar refractivity (Wildman–Crippen MR) is 163 cm³/mol. The monoisotopic (exact) mass is 612 g/mol. The maximum atomic E-state index is 14.4. The van der Waals surface area contributed by atoms with Gasteiger partial charge in [-0.15, -0.1) is 0 Å². The lowest BCUT2D eigenvalue weighted by Crippen LogP contribution is -2.58. The van der Waals surface area contributed by atoms with E-state index in [0.717, 1.165) is 37.7 Å². The molecule has 2 fully saturated rings. The molecular formula is C33H48N4O7. The van der Waals surface area contributed by atoms with E-state index in [1.165, 1.54) is 4.90 Å². The number of nitrogens with two attached hydrogens (primary N) is 1. The highest BCUT2D eigenvalue weighted by Gasteiger charge is 2.46. The number of carbonyl (C=O) groups excluding carboxylic acids is 5. The molecule has 1 saturated carbocycles. The Morgan fingerprint density at radius 3 is 2.59 bits per heavy atom. The Hall–Kier alpha value is -3.47. The van der Waals surface area contributed by atoms with Crippen LogP contribution < -0.4 is 21.1 Å². The fourth-order valence-electron chi connectivity index (χ4n) is 6.75. The topological polar surface area (TPSA) is 157 Å². The van der Waals surface area contributed by atoms with E-state index in [1.54, 1.807) is 0 Å². The van der Waals surface area contributed by atoms with Crippen molar-refractivity contribution in [3.63, 3.8) is 0 Å². The Morgan fingerprint density at radius 1 is 1.14 bits per heavy atom. The molecule has 242 valence electrons. The van der Waals surface area contributed by atoms with Gasteiger partial charge in [-0.3, -0.25) is 24.0 Å². The first-order chi connectivity index (χ1) is 21.0. The summed E-state index contributed by atoms with van der Waals surface area (Å²) >= 11 is 0. The highest BCUT2D eigenvalue weighted by Crippen LogP contribution is 2.32. The van der Waals surface area contributed by atoms with Gasteiger partial charge in [0.15, 0.2) is 0 Å². The Kier molecular flexibility index (Phi) is 11.4. The van der Waals surface area contributed by atoms with Crippen LogP contribution in [0.1, 0.15) is 90.5 Å². The first-order valence-electron chi connectivity index (χ1n) is 16.1. The zero-order chi connectivity index (χ0) is 31.9. The fourth-order valence-corrected chi connectivity index (χ4v) is 6.75. The molecule has 0 aromatic heterocycles. The van der Waals surface area contributed by atoms with Crippen LogP contribution in [-0.4, -0.2) is 77.3 Å². The molecule has 4 bridgehead atoms. The van der Waals surface area contributed by atoms with Crippen LogP contribution in [0.4, 0.5) is 0 Å². The van der Waals surface area contributed by atoms with Crippen molar-refractivity contribution in [2.24, 2.45) is 11.7 Å². The van der Waals surface area contributed by atoms with Crippen LogP contribution in [0.15, 0.2) is 24.3 Å². The Balaban J connectivity index is 1.66. The van der Waals surface area contributed by atoms with E-state index in [0.29, 0.717) is 31.6 Å². The standard InChI is InChI=1S/C33H48N4O7/c1-4-10-25(29(39)30(34)40)35-31(41)26-19-24-20-37(26)32(42)28(22-12-6-5-7-13-22)36-27(38)18-21-11-8-14-23(17-21)43-16-9-15-33(2,3)44-24/h8,11,14,17,22,24-26,28H,4-7,9-10,12-13,15-16,18-20H2,1-3H3,(H2,34,40)(H,35,41)(H,36,38)/t24-,25?,26+,28+/m1/s1. The average Bonchev–Trinajstić information content (AvgIpc) is 3.40. The molecule has 1 aromatic carbocycles. The third kappa shape index (κ3) is 8.80. The van der Waals surface area contributed by atoms with Gasteiger partial charge in [0.1, 0.15) is 17.8 Å². The molecule has 4 amide bonds. The number of nitrogens with zero attached hydrogens (tertiary/aromatic N) is 1. The van der Waals surface area contributed by atoms with Crippen molar-refractivity contribution in [2.75, 3.05) is 13.2 Å². The Morgan fingerprint density at radius 2 is 1.89 bits per heavy atom. The number of hydrogen-bond acceptors (Lipinski definition) is 7. The van der Waals surface area contributed by atoms with Crippen LogP contribution >= 0.6 is 0 Å². The molecule has 44 heavy (non-hydrogen) atoms. The van der Waals surface area contributed by atoms with Crippen LogP contribution in [0.25, 0.3) is 0 Å². The highest BCUT2D eigenvalue weighted by molar-refractivity contribution is 6.37. The minimum atomic E-state index is -1.12. The van der Waals surface area contributed by atoms with Crippen molar-refractivity contribution in [1.82, 2.24) is 15.5 Å². The van der Waals surface area contributed by atoms with Crippen LogP contribution in [-0.2, 0) is 35.1 Å². The normalized spacial score (nSPS) is 25.7. The van der Waals surface area contributed by atoms with Gasteiger partial charge in [0.25, 0.3) is 5.91 Å². The summed E-state index contributed by atoms with van der Waals surface area (Å²) in [5.74, 6) is -2.51. The first kappa shape index (κ1) is 33.4. The largest absolute Gasteiger partial charge is 0.494 e. The number of primary amides is 1. The lowest BCUT2D eigenvalue weighted by molar-refractivity contribution is -0.144. The van der Waals surface area contributed by atoms with Crippen molar-refractivity contribution in [1.29, 1.82) is 0 Å². The number of hydrogen-bond donors (Lipinski definition) is 3. The quantitative estimate of drug-likeness (QED) is 0.400. The summed E-state index contributed by atoms with van der Waals surface area (Å²) in [7, 11) is 0. The van der Waals surface area contributed by atoms with E-state index in [9.17, 15) is 24.0 Å². The summed E-state index contributed by atoms with van der Waals surface area (Å²) in [5.41, 5.74) is 5.48. The summed E-state index contributed by atoms with van der Waals surface area (Å²) in [5, 5.41) is 5.73. The van der Waals surface area contributed by atoms with E-state index in [-0.39, 0.29) is 43.5 Å².